The van der Waals surface area contributed by atoms with Crippen molar-refractivity contribution in [3.05, 3.63) is 0 Å². The molecule has 15 heavy (non-hydrogen) atoms. The third-order valence-electron chi connectivity index (χ3n) is 1.75. The van der Waals surface area contributed by atoms with Gasteiger partial charge in [-0.2, -0.15) is 0 Å². The third-order valence-corrected chi connectivity index (χ3v) is 2.22. The van der Waals surface area contributed by atoms with Crippen LogP contribution in [0.2, 0.25) is 0 Å². The summed E-state index contributed by atoms with van der Waals surface area (Å²) in [5.41, 5.74) is 0. The van der Waals surface area contributed by atoms with Crippen LogP contribution in [0.3, 0.4) is 0 Å². The Morgan fingerprint density at radius 2 is 1.93 bits per heavy atom. The molecular weight excluding hydrogens is 214 g/mol. The van der Waals surface area contributed by atoms with E-state index in [0.717, 1.165) is 17.9 Å². The minimum absolute atomic E-state index is 0.0536. The van der Waals surface area contributed by atoms with Crippen molar-refractivity contribution in [3.63, 3.8) is 0 Å². The van der Waals surface area contributed by atoms with Crippen LogP contribution in [0.4, 0.5) is 0 Å². The lowest BCUT2D eigenvalue weighted by Gasteiger charge is -2.11. The molecule has 4 nitrogen and oxygen atoms in total. The largest absolute Gasteiger partial charge is 0.463 e. The number of carbonyl (C=O) groups excluding carboxylic acids is 1. The van der Waals surface area contributed by atoms with E-state index in [4.69, 9.17) is 22.2 Å². The summed E-state index contributed by atoms with van der Waals surface area (Å²) in [5, 5.41) is 9.88. The SMILES string of the molecule is CC(C)OC(=O)CCCCC(=S)N(C)O. The van der Waals surface area contributed by atoms with E-state index in [9.17, 15) is 4.79 Å². The van der Waals surface area contributed by atoms with E-state index in [1.54, 1.807) is 0 Å². The van der Waals surface area contributed by atoms with Crippen molar-refractivity contribution >= 4 is 23.2 Å². The highest BCUT2D eigenvalue weighted by atomic mass is 32.1. The zero-order valence-electron chi connectivity index (χ0n) is 9.52. The van der Waals surface area contributed by atoms with E-state index < -0.39 is 0 Å². The maximum Gasteiger partial charge on any atom is 0.306 e. The van der Waals surface area contributed by atoms with Crippen molar-refractivity contribution in [2.75, 3.05) is 7.05 Å². The topological polar surface area (TPSA) is 49.8 Å². The van der Waals surface area contributed by atoms with Crippen LogP contribution in [0.25, 0.3) is 0 Å². The quantitative estimate of drug-likeness (QED) is 0.330. The van der Waals surface area contributed by atoms with E-state index in [-0.39, 0.29) is 12.1 Å². The van der Waals surface area contributed by atoms with Crippen LogP contribution in [0, 0.1) is 0 Å². The van der Waals surface area contributed by atoms with Crippen molar-refractivity contribution in [1.82, 2.24) is 5.06 Å². The van der Waals surface area contributed by atoms with Crippen LogP contribution < -0.4 is 0 Å². The zero-order chi connectivity index (χ0) is 11.8. The van der Waals surface area contributed by atoms with E-state index in [0.29, 0.717) is 17.8 Å². The van der Waals surface area contributed by atoms with Gasteiger partial charge in [-0.3, -0.25) is 15.1 Å². The molecule has 88 valence electrons. The summed E-state index contributed by atoms with van der Waals surface area (Å²) in [6.07, 6.45) is 2.51. The predicted octanol–water partition coefficient (Wildman–Crippen LogP) is 2.15. The van der Waals surface area contributed by atoms with Crippen LogP contribution in [0.1, 0.15) is 39.5 Å². The fourth-order valence-electron chi connectivity index (χ4n) is 1.03. The van der Waals surface area contributed by atoms with Crippen molar-refractivity contribution in [3.8, 4) is 0 Å². The number of ether oxygens (including phenoxy) is 1. The molecule has 0 aromatic carbocycles. The molecule has 0 spiro atoms. The molecule has 0 unspecified atom stereocenters. The Balaban J connectivity index is 3.46. The van der Waals surface area contributed by atoms with Gasteiger partial charge >= 0.3 is 5.97 Å². The summed E-state index contributed by atoms with van der Waals surface area (Å²) in [5.74, 6) is -0.173. The Hall–Kier alpha value is -0.680. The van der Waals surface area contributed by atoms with Crippen LogP contribution in [-0.2, 0) is 9.53 Å². The first-order valence-electron chi connectivity index (χ1n) is 5.08. The van der Waals surface area contributed by atoms with Gasteiger partial charge in [0.1, 0.15) is 4.99 Å². The van der Waals surface area contributed by atoms with Gasteiger partial charge < -0.3 is 4.74 Å². The van der Waals surface area contributed by atoms with Gasteiger partial charge in [-0.15, -0.1) is 0 Å². The molecule has 0 atom stereocenters. The van der Waals surface area contributed by atoms with E-state index >= 15 is 0 Å². The molecule has 0 aliphatic carbocycles. The Labute approximate surface area is 96.2 Å². The standard InChI is InChI=1S/C10H19NO3S/c1-8(2)14-10(12)7-5-4-6-9(15)11(3)13/h8,13H,4-7H2,1-3H3. The number of esters is 1. The fraction of sp³-hybridized carbons (Fsp3) is 0.800. The smallest absolute Gasteiger partial charge is 0.306 e. The van der Waals surface area contributed by atoms with Gasteiger partial charge in [-0.1, -0.05) is 12.2 Å². The van der Waals surface area contributed by atoms with Gasteiger partial charge in [-0.05, 0) is 26.7 Å². The number of hydrogen-bond donors (Lipinski definition) is 1. The summed E-state index contributed by atoms with van der Waals surface area (Å²) < 4.78 is 4.97. The van der Waals surface area contributed by atoms with Gasteiger partial charge in [0.2, 0.25) is 0 Å². The normalized spacial score (nSPS) is 10.2. The van der Waals surface area contributed by atoms with Gasteiger partial charge in [-0.25, -0.2) is 0 Å². The highest BCUT2D eigenvalue weighted by Gasteiger charge is 2.06. The molecule has 0 saturated heterocycles. The summed E-state index contributed by atoms with van der Waals surface area (Å²) >= 11 is 4.89. The molecule has 1 N–H and O–H groups in total. The summed E-state index contributed by atoms with van der Waals surface area (Å²) in [6.45, 7) is 3.65. The maximum atomic E-state index is 11.1. The monoisotopic (exact) mass is 233 g/mol. The Morgan fingerprint density at radius 3 is 2.40 bits per heavy atom. The van der Waals surface area contributed by atoms with Crippen LogP contribution in [-0.4, -0.2) is 34.4 Å². The molecule has 0 fully saturated rings. The molecule has 0 aliphatic heterocycles. The minimum atomic E-state index is -0.173. The second-order valence-corrected chi connectivity index (χ2v) is 4.13. The molecule has 5 heteroatoms. The van der Waals surface area contributed by atoms with Crippen molar-refractivity contribution in [1.29, 1.82) is 0 Å². The molecule has 0 aromatic heterocycles. The van der Waals surface area contributed by atoms with Crippen molar-refractivity contribution in [2.45, 2.75) is 45.6 Å². The minimum Gasteiger partial charge on any atom is -0.463 e. The van der Waals surface area contributed by atoms with Gasteiger partial charge in [0.05, 0.1) is 6.10 Å². The first-order chi connectivity index (χ1) is 6.93. The van der Waals surface area contributed by atoms with Crippen molar-refractivity contribution < 1.29 is 14.7 Å². The number of hydrogen-bond acceptors (Lipinski definition) is 4. The van der Waals surface area contributed by atoms with Gasteiger partial charge in [0.25, 0.3) is 0 Å². The molecule has 0 heterocycles. The lowest BCUT2D eigenvalue weighted by atomic mass is 10.2. The lowest BCUT2D eigenvalue weighted by molar-refractivity contribution is -0.147. The first kappa shape index (κ1) is 14.3. The number of thiocarbonyl (C=S) groups is 1. The molecular formula is C10H19NO3S. The van der Waals surface area contributed by atoms with Crippen molar-refractivity contribution in [2.24, 2.45) is 0 Å². The lowest BCUT2D eigenvalue weighted by Crippen LogP contribution is -2.20. The molecule has 0 aromatic rings. The number of nitrogens with zero attached hydrogens (tertiary/aromatic N) is 1. The molecule has 0 bridgehead atoms. The van der Waals surface area contributed by atoms with E-state index in [1.165, 1.54) is 7.05 Å². The molecule has 0 radical (unpaired) electrons. The highest BCUT2D eigenvalue weighted by Crippen LogP contribution is 2.05. The average Bonchev–Trinajstić information content (AvgIpc) is 2.10. The van der Waals surface area contributed by atoms with Crippen LogP contribution in [0.5, 0.6) is 0 Å². The number of carbonyl (C=O) groups is 1. The van der Waals surface area contributed by atoms with Gasteiger partial charge in [0, 0.05) is 19.9 Å². The van der Waals surface area contributed by atoms with Gasteiger partial charge in [0.15, 0.2) is 0 Å². The molecule has 0 aliphatic rings. The third kappa shape index (κ3) is 8.32. The molecule has 0 saturated carbocycles. The Bertz CT molecular complexity index is 217. The van der Waals surface area contributed by atoms with E-state index in [2.05, 4.69) is 0 Å². The Morgan fingerprint density at radius 1 is 1.40 bits per heavy atom. The average molecular weight is 233 g/mol. The summed E-state index contributed by atoms with van der Waals surface area (Å²) in [7, 11) is 1.50. The fourth-order valence-corrected chi connectivity index (χ4v) is 1.17. The summed E-state index contributed by atoms with van der Waals surface area (Å²) in [6, 6.07) is 0. The van der Waals surface area contributed by atoms with E-state index in [1.807, 2.05) is 13.8 Å². The van der Waals surface area contributed by atoms with Crippen LogP contribution >= 0.6 is 12.2 Å². The highest BCUT2D eigenvalue weighted by molar-refractivity contribution is 7.80. The predicted molar refractivity (Wildman–Crippen MR) is 61.8 cm³/mol. The first-order valence-corrected chi connectivity index (χ1v) is 5.49. The second kappa shape index (κ2) is 7.59. The second-order valence-electron chi connectivity index (χ2n) is 3.66. The number of hydroxylamine groups is 2. The molecule has 0 rings (SSSR count). The molecule has 0 amide bonds. The number of unbranched alkanes of at least 4 members (excludes halogenated alkanes) is 1. The zero-order valence-corrected chi connectivity index (χ0v) is 10.3. The van der Waals surface area contributed by atoms with Crippen LogP contribution in [0.15, 0.2) is 0 Å². The Kier molecular flexibility index (Phi) is 7.25. The maximum absolute atomic E-state index is 11.1. The summed E-state index contributed by atoms with van der Waals surface area (Å²) in [4.78, 5) is 11.6. The number of rotatable bonds is 6.